The minimum atomic E-state index is 0.309. The van der Waals surface area contributed by atoms with Crippen LogP contribution in [0, 0.1) is 11.8 Å². The van der Waals surface area contributed by atoms with E-state index in [0.717, 1.165) is 38.2 Å². The molecule has 2 fully saturated rings. The largest absolute Gasteiger partial charge is 0.378 e. The SMILES string of the molecule is CCCC1CCC(=O)C(CC2CCCCO2)C1. The molecule has 0 radical (unpaired) electrons. The second-order valence-electron chi connectivity index (χ2n) is 5.82. The quantitative estimate of drug-likeness (QED) is 0.746. The predicted octanol–water partition coefficient (Wildman–Crippen LogP) is 3.73. The van der Waals surface area contributed by atoms with Gasteiger partial charge in [-0.15, -0.1) is 0 Å². The highest BCUT2D eigenvalue weighted by Crippen LogP contribution is 2.33. The van der Waals surface area contributed by atoms with Crippen molar-refractivity contribution in [2.24, 2.45) is 11.8 Å². The Bertz CT molecular complexity index is 243. The monoisotopic (exact) mass is 238 g/mol. The molecule has 3 atom stereocenters. The Morgan fingerprint density at radius 3 is 2.88 bits per heavy atom. The van der Waals surface area contributed by atoms with Crippen molar-refractivity contribution in [2.75, 3.05) is 6.61 Å². The smallest absolute Gasteiger partial charge is 0.136 e. The Balaban J connectivity index is 1.82. The van der Waals surface area contributed by atoms with Crippen molar-refractivity contribution in [2.45, 2.75) is 70.8 Å². The van der Waals surface area contributed by atoms with Gasteiger partial charge in [-0.3, -0.25) is 4.79 Å². The second kappa shape index (κ2) is 6.53. The lowest BCUT2D eigenvalue weighted by Gasteiger charge is -2.31. The number of rotatable bonds is 4. The van der Waals surface area contributed by atoms with Gasteiger partial charge in [-0.05, 0) is 44.4 Å². The van der Waals surface area contributed by atoms with Crippen LogP contribution in [0.25, 0.3) is 0 Å². The second-order valence-corrected chi connectivity index (χ2v) is 5.82. The fourth-order valence-corrected chi connectivity index (χ4v) is 3.41. The van der Waals surface area contributed by atoms with E-state index in [9.17, 15) is 4.79 Å². The molecule has 1 aliphatic heterocycles. The Labute approximate surface area is 105 Å². The van der Waals surface area contributed by atoms with E-state index in [1.807, 2.05) is 0 Å². The van der Waals surface area contributed by atoms with Gasteiger partial charge in [0.15, 0.2) is 0 Å². The highest BCUT2D eigenvalue weighted by Gasteiger charge is 2.30. The van der Waals surface area contributed by atoms with Crippen LogP contribution in [-0.2, 0) is 9.53 Å². The number of Topliss-reactive ketones (excluding diaryl/α,β-unsaturated/α-hetero) is 1. The summed E-state index contributed by atoms with van der Waals surface area (Å²) in [5, 5.41) is 0. The third-order valence-electron chi connectivity index (χ3n) is 4.39. The summed E-state index contributed by atoms with van der Waals surface area (Å²) in [6.07, 6.45) is 10.7. The summed E-state index contributed by atoms with van der Waals surface area (Å²) >= 11 is 0. The van der Waals surface area contributed by atoms with Crippen LogP contribution in [0.1, 0.15) is 64.7 Å². The minimum absolute atomic E-state index is 0.309. The van der Waals surface area contributed by atoms with Crippen molar-refractivity contribution in [3.63, 3.8) is 0 Å². The first-order valence-corrected chi connectivity index (χ1v) is 7.44. The van der Waals surface area contributed by atoms with Crippen LogP contribution in [0.15, 0.2) is 0 Å². The van der Waals surface area contributed by atoms with Gasteiger partial charge in [-0.2, -0.15) is 0 Å². The highest BCUT2D eigenvalue weighted by molar-refractivity contribution is 5.81. The van der Waals surface area contributed by atoms with Crippen LogP contribution < -0.4 is 0 Å². The summed E-state index contributed by atoms with van der Waals surface area (Å²) in [5.74, 6) is 1.61. The molecule has 3 unspecified atom stereocenters. The molecule has 0 aromatic heterocycles. The molecule has 2 aliphatic rings. The molecule has 2 nitrogen and oxygen atoms in total. The zero-order chi connectivity index (χ0) is 12.1. The number of hydrogen-bond acceptors (Lipinski definition) is 2. The summed E-state index contributed by atoms with van der Waals surface area (Å²) in [6, 6.07) is 0. The van der Waals surface area contributed by atoms with Gasteiger partial charge < -0.3 is 4.74 Å². The lowest BCUT2D eigenvalue weighted by molar-refractivity contribution is -0.127. The molecule has 17 heavy (non-hydrogen) atoms. The molecule has 0 aromatic carbocycles. The van der Waals surface area contributed by atoms with Gasteiger partial charge in [0.2, 0.25) is 0 Å². The molecule has 0 amide bonds. The summed E-state index contributed by atoms with van der Waals surface area (Å²) in [5.41, 5.74) is 0. The maximum Gasteiger partial charge on any atom is 0.136 e. The van der Waals surface area contributed by atoms with Crippen LogP contribution in [0.4, 0.5) is 0 Å². The number of ether oxygens (including phenoxy) is 1. The molecule has 1 aliphatic carbocycles. The normalized spacial score (nSPS) is 34.9. The molecule has 0 spiro atoms. The van der Waals surface area contributed by atoms with Gasteiger partial charge in [0.05, 0.1) is 6.10 Å². The standard InChI is InChI=1S/C15H26O2/c1-2-5-12-7-8-15(16)13(10-12)11-14-6-3-4-9-17-14/h12-14H,2-11H2,1H3. The van der Waals surface area contributed by atoms with E-state index in [1.54, 1.807) is 0 Å². The Hall–Kier alpha value is -0.370. The zero-order valence-electron chi connectivity index (χ0n) is 11.1. The predicted molar refractivity (Wildman–Crippen MR) is 69.0 cm³/mol. The van der Waals surface area contributed by atoms with Gasteiger partial charge in [0, 0.05) is 18.9 Å². The third-order valence-corrected chi connectivity index (χ3v) is 4.39. The van der Waals surface area contributed by atoms with E-state index in [4.69, 9.17) is 4.74 Å². The number of carbonyl (C=O) groups is 1. The lowest BCUT2D eigenvalue weighted by Crippen LogP contribution is -2.30. The molecule has 2 rings (SSSR count). The summed E-state index contributed by atoms with van der Waals surface area (Å²) in [4.78, 5) is 12.0. The first-order chi connectivity index (χ1) is 8.29. The molecule has 0 aromatic rings. The van der Waals surface area contributed by atoms with Gasteiger partial charge >= 0.3 is 0 Å². The van der Waals surface area contributed by atoms with E-state index < -0.39 is 0 Å². The fraction of sp³-hybridized carbons (Fsp3) is 0.933. The van der Waals surface area contributed by atoms with E-state index in [1.165, 1.54) is 32.1 Å². The van der Waals surface area contributed by atoms with Gasteiger partial charge in [-0.1, -0.05) is 19.8 Å². The molecule has 1 heterocycles. The Morgan fingerprint density at radius 1 is 1.29 bits per heavy atom. The van der Waals surface area contributed by atoms with Crippen LogP contribution in [-0.4, -0.2) is 18.5 Å². The molecular weight excluding hydrogens is 212 g/mol. The maximum absolute atomic E-state index is 12.0. The molecule has 2 heteroatoms. The van der Waals surface area contributed by atoms with Crippen molar-refractivity contribution in [1.29, 1.82) is 0 Å². The fourth-order valence-electron chi connectivity index (χ4n) is 3.41. The van der Waals surface area contributed by atoms with Gasteiger partial charge in [0.25, 0.3) is 0 Å². The van der Waals surface area contributed by atoms with Gasteiger partial charge in [-0.25, -0.2) is 0 Å². The summed E-state index contributed by atoms with van der Waals surface area (Å²) < 4.78 is 5.77. The van der Waals surface area contributed by atoms with Crippen LogP contribution in [0.5, 0.6) is 0 Å². The summed E-state index contributed by atoms with van der Waals surface area (Å²) in [6.45, 7) is 3.15. The van der Waals surface area contributed by atoms with Crippen LogP contribution in [0.3, 0.4) is 0 Å². The van der Waals surface area contributed by atoms with E-state index in [0.29, 0.717) is 17.8 Å². The maximum atomic E-state index is 12.0. The first-order valence-electron chi connectivity index (χ1n) is 7.44. The minimum Gasteiger partial charge on any atom is -0.378 e. The van der Waals surface area contributed by atoms with E-state index in [2.05, 4.69) is 6.92 Å². The molecule has 0 bridgehead atoms. The number of hydrogen-bond donors (Lipinski definition) is 0. The highest BCUT2D eigenvalue weighted by atomic mass is 16.5. The van der Waals surface area contributed by atoms with Crippen molar-refractivity contribution in [1.82, 2.24) is 0 Å². The van der Waals surface area contributed by atoms with Crippen LogP contribution >= 0.6 is 0 Å². The van der Waals surface area contributed by atoms with E-state index >= 15 is 0 Å². The molecule has 0 N–H and O–H groups in total. The van der Waals surface area contributed by atoms with E-state index in [-0.39, 0.29) is 0 Å². The molecule has 1 saturated carbocycles. The van der Waals surface area contributed by atoms with Crippen molar-refractivity contribution >= 4 is 5.78 Å². The molecular formula is C15H26O2. The topological polar surface area (TPSA) is 26.3 Å². The average molecular weight is 238 g/mol. The zero-order valence-corrected chi connectivity index (χ0v) is 11.1. The summed E-state index contributed by atoms with van der Waals surface area (Å²) in [7, 11) is 0. The van der Waals surface area contributed by atoms with Crippen molar-refractivity contribution < 1.29 is 9.53 Å². The van der Waals surface area contributed by atoms with Crippen LogP contribution in [0.2, 0.25) is 0 Å². The Morgan fingerprint density at radius 2 is 2.18 bits per heavy atom. The lowest BCUT2D eigenvalue weighted by atomic mass is 9.76. The molecule has 1 saturated heterocycles. The van der Waals surface area contributed by atoms with Crippen molar-refractivity contribution in [3.8, 4) is 0 Å². The average Bonchev–Trinajstić information content (AvgIpc) is 2.35. The van der Waals surface area contributed by atoms with Gasteiger partial charge in [0.1, 0.15) is 5.78 Å². The van der Waals surface area contributed by atoms with Crippen molar-refractivity contribution in [3.05, 3.63) is 0 Å². The molecule has 98 valence electrons. The third kappa shape index (κ3) is 3.80. The number of carbonyl (C=O) groups excluding carboxylic acids is 1. The first kappa shape index (κ1) is 13.1. The Kier molecular flexibility index (Phi) is 5.02. The number of ketones is 1.